The van der Waals surface area contributed by atoms with Crippen molar-refractivity contribution in [1.29, 1.82) is 0 Å². The number of hydrogen-bond acceptors (Lipinski definition) is 2. The van der Waals surface area contributed by atoms with Crippen LogP contribution in [0.3, 0.4) is 0 Å². The summed E-state index contributed by atoms with van der Waals surface area (Å²) in [7, 11) is 0. The van der Waals surface area contributed by atoms with Gasteiger partial charge in [0.15, 0.2) is 4.77 Å². The third-order valence-corrected chi connectivity index (χ3v) is 4.19. The summed E-state index contributed by atoms with van der Waals surface area (Å²) in [6.45, 7) is 5.37. The number of rotatable bonds is 4. The van der Waals surface area contributed by atoms with E-state index in [1.807, 2.05) is 11.8 Å². The number of aryl methyl sites for hydroxylation is 1. The second-order valence-electron chi connectivity index (χ2n) is 4.57. The molecule has 1 aromatic heterocycles. The van der Waals surface area contributed by atoms with Crippen LogP contribution in [-0.2, 0) is 6.54 Å². The van der Waals surface area contributed by atoms with Crippen LogP contribution in [-0.4, -0.2) is 21.6 Å². The second kappa shape index (κ2) is 5.27. The highest BCUT2D eigenvalue weighted by Gasteiger charge is 2.09. The maximum atomic E-state index is 5.42. The average Bonchev–Trinajstić information content (AvgIpc) is 2.58. The van der Waals surface area contributed by atoms with Crippen LogP contribution in [0.1, 0.15) is 12.5 Å². The highest BCUT2D eigenvalue weighted by molar-refractivity contribution is 7.98. The Balaban J connectivity index is 2.43. The first-order valence-corrected chi connectivity index (χ1v) is 7.60. The first-order chi connectivity index (χ1) is 8.13. The molecule has 0 spiro atoms. The van der Waals surface area contributed by atoms with E-state index in [2.05, 4.69) is 47.9 Å². The first-order valence-electron chi connectivity index (χ1n) is 5.80. The molecule has 0 amide bonds. The summed E-state index contributed by atoms with van der Waals surface area (Å²) < 4.78 is 3.06. The SMILES string of the molecule is CSCC(C)Cn1c(=S)[nH]c2c(C)cccc21. The van der Waals surface area contributed by atoms with Gasteiger partial charge in [0.2, 0.25) is 0 Å². The Morgan fingerprint density at radius 3 is 2.94 bits per heavy atom. The number of imidazole rings is 1. The molecule has 1 aromatic carbocycles. The molecule has 0 aliphatic rings. The van der Waals surface area contributed by atoms with Gasteiger partial charge in [-0.15, -0.1) is 0 Å². The Labute approximate surface area is 111 Å². The first kappa shape index (κ1) is 12.7. The van der Waals surface area contributed by atoms with Crippen LogP contribution in [0.4, 0.5) is 0 Å². The number of aromatic nitrogens is 2. The summed E-state index contributed by atoms with van der Waals surface area (Å²) in [4.78, 5) is 3.31. The number of aromatic amines is 1. The standard InChI is InChI=1S/C13H18N2S2/c1-9(8-17-3)7-15-11-6-4-5-10(2)12(11)14-13(15)16/h4-6,9H,7-8H2,1-3H3,(H,14,16). The number of nitrogens with zero attached hydrogens (tertiary/aromatic N) is 1. The van der Waals surface area contributed by atoms with Gasteiger partial charge in [-0.05, 0) is 48.7 Å². The van der Waals surface area contributed by atoms with Crippen LogP contribution in [0.25, 0.3) is 11.0 Å². The zero-order valence-corrected chi connectivity index (χ0v) is 12.1. The van der Waals surface area contributed by atoms with Gasteiger partial charge in [-0.25, -0.2) is 0 Å². The molecule has 2 rings (SSSR count). The molecule has 17 heavy (non-hydrogen) atoms. The van der Waals surface area contributed by atoms with Gasteiger partial charge in [-0.3, -0.25) is 0 Å². The molecule has 92 valence electrons. The topological polar surface area (TPSA) is 20.7 Å². The van der Waals surface area contributed by atoms with E-state index in [1.165, 1.54) is 22.3 Å². The van der Waals surface area contributed by atoms with Crippen LogP contribution < -0.4 is 0 Å². The molecule has 0 saturated heterocycles. The molecular formula is C13H18N2S2. The molecule has 0 fully saturated rings. The zero-order valence-electron chi connectivity index (χ0n) is 10.5. The minimum absolute atomic E-state index is 0.635. The van der Waals surface area contributed by atoms with Crippen LogP contribution in [0.15, 0.2) is 18.2 Å². The molecule has 2 aromatic rings. The summed E-state index contributed by atoms with van der Waals surface area (Å²) in [6.07, 6.45) is 2.15. The fourth-order valence-electron chi connectivity index (χ4n) is 2.15. The summed E-state index contributed by atoms with van der Waals surface area (Å²) >= 11 is 7.30. The number of para-hydroxylation sites is 1. The number of benzene rings is 1. The third-order valence-electron chi connectivity index (χ3n) is 2.96. The summed E-state index contributed by atoms with van der Waals surface area (Å²) in [5.41, 5.74) is 3.65. The van der Waals surface area contributed by atoms with E-state index in [0.29, 0.717) is 5.92 Å². The lowest BCUT2D eigenvalue weighted by Gasteiger charge is -2.11. The van der Waals surface area contributed by atoms with Gasteiger partial charge in [0.25, 0.3) is 0 Å². The number of fused-ring (bicyclic) bond motifs is 1. The predicted octanol–water partition coefficient (Wildman–Crippen LogP) is 4.01. The van der Waals surface area contributed by atoms with Gasteiger partial charge in [-0.1, -0.05) is 19.1 Å². The van der Waals surface area contributed by atoms with Crippen molar-refractivity contribution in [2.24, 2.45) is 5.92 Å². The number of hydrogen-bond donors (Lipinski definition) is 1. The van der Waals surface area contributed by atoms with Crippen molar-refractivity contribution in [3.05, 3.63) is 28.5 Å². The molecule has 1 N–H and O–H groups in total. The Morgan fingerprint density at radius 2 is 2.24 bits per heavy atom. The van der Waals surface area contributed by atoms with Gasteiger partial charge >= 0.3 is 0 Å². The zero-order chi connectivity index (χ0) is 12.4. The summed E-state index contributed by atoms with van der Waals surface area (Å²) in [6, 6.07) is 6.35. The van der Waals surface area contributed by atoms with Gasteiger partial charge in [0.1, 0.15) is 0 Å². The van der Waals surface area contributed by atoms with E-state index < -0.39 is 0 Å². The molecule has 0 aliphatic carbocycles. The fourth-order valence-corrected chi connectivity index (χ4v) is 3.10. The minimum atomic E-state index is 0.635. The highest BCUT2D eigenvalue weighted by Crippen LogP contribution is 2.19. The molecule has 1 heterocycles. The largest absolute Gasteiger partial charge is 0.330 e. The molecule has 1 atom stereocenters. The van der Waals surface area contributed by atoms with E-state index in [4.69, 9.17) is 12.2 Å². The molecule has 4 heteroatoms. The lowest BCUT2D eigenvalue weighted by atomic mass is 10.2. The van der Waals surface area contributed by atoms with Gasteiger partial charge < -0.3 is 9.55 Å². The molecule has 0 saturated carbocycles. The molecule has 1 unspecified atom stereocenters. The maximum Gasteiger partial charge on any atom is 0.178 e. The van der Waals surface area contributed by atoms with E-state index in [-0.39, 0.29) is 0 Å². The Bertz CT molecular complexity index is 568. The van der Waals surface area contributed by atoms with Crippen molar-refractivity contribution < 1.29 is 0 Å². The smallest absolute Gasteiger partial charge is 0.178 e. The van der Waals surface area contributed by atoms with E-state index in [1.54, 1.807) is 0 Å². The molecule has 2 nitrogen and oxygen atoms in total. The van der Waals surface area contributed by atoms with Gasteiger partial charge in [0.05, 0.1) is 11.0 Å². The van der Waals surface area contributed by atoms with Crippen LogP contribution in [0.2, 0.25) is 0 Å². The molecule has 0 radical (unpaired) electrons. The van der Waals surface area contributed by atoms with Gasteiger partial charge in [-0.2, -0.15) is 11.8 Å². The number of thioether (sulfide) groups is 1. The summed E-state index contributed by atoms with van der Waals surface area (Å²) in [5.74, 6) is 1.80. The fraction of sp³-hybridized carbons (Fsp3) is 0.462. The molecule has 0 aliphatic heterocycles. The number of H-pyrrole nitrogens is 1. The Hall–Kier alpha value is -0.740. The van der Waals surface area contributed by atoms with Crippen LogP contribution in [0.5, 0.6) is 0 Å². The summed E-state index contributed by atoms with van der Waals surface area (Å²) in [5, 5.41) is 0. The van der Waals surface area contributed by atoms with E-state index in [9.17, 15) is 0 Å². The molecule has 0 bridgehead atoms. The monoisotopic (exact) mass is 266 g/mol. The maximum absolute atomic E-state index is 5.42. The van der Waals surface area contributed by atoms with Crippen LogP contribution >= 0.6 is 24.0 Å². The van der Waals surface area contributed by atoms with Crippen molar-refractivity contribution in [2.45, 2.75) is 20.4 Å². The van der Waals surface area contributed by atoms with Crippen molar-refractivity contribution in [3.8, 4) is 0 Å². The van der Waals surface area contributed by atoms with Crippen molar-refractivity contribution in [1.82, 2.24) is 9.55 Å². The Morgan fingerprint density at radius 1 is 1.47 bits per heavy atom. The van der Waals surface area contributed by atoms with E-state index >= 15 is 0 Å². The van der Waals surface area contributed by atoms with Crippen molar-refractivity contribution in [2.75, 3.05) is 12.0 Å². The number of nitrogens with one attached hydrogen (secondary N) is 1. The second-order valence-corrected chi connectivity index (χ2v) is 5.87. The Kier molecular flexibility index (Phi) is 3.94. The third kappa shape index (κ3) is 2.58. The van der Waals surface area contributed by atoms with Crippen molar-refractivity contribution >= 4 is 35.0 Å². The van der Waals surface area contributed by atoms with Crippen LogP contribution in [0, 0.1) is 17.6 Å². The van der Waals surface area contributed by atoms with E-state index in [0.717, 1.165) is 11.3 Å². The van der Waals surface area contributed by atoms with Gasteiger partial charge in [0, 0.05) is 6.54 Å². The average molecular weight is 266 g/mol. The highest BCUT2D eigenvalue weighted by atomic mass is 32.2. The quantitative estimate of drug-likeness (QED) is 0.844. The molecular weight excluding hydrogens is 248 g/mol. The van der Waals surface area contributed by atoms with Crippen molar-refractivity contribution in [3.63, 3.8) is 0 Å². The predicted molar refractivity (Wildman–Crippen MR) is 79.4 cm³/mol. The lowest BCUT2D eigenvalue weighted by molar-refractivity contribution is 0.537. The lowest BCUT2D eigenvalue weighted by Crippen LogP contribution is -2.09. The minimum Gasteiger partial charge on any atom is -0.330 e. The normalized spacial score (nSPS) is 13.1.